The Balaban J connectivity index is 1.14. The summed E-state index contributed by atoms with van der Waals surface area (Å²) in [6.45, 7) is 10.5. The summed E-state index contributed by atoms with van der Waals surface area (Å²) in [5.41, 5.74) is 2.10. The van der Waals surface area contributed by atoms with Gasteiger partial charge >= 0.3 is 11.7 Å². The van der Waals surface area contributed by atoms with E-state index in [1.807, 2.05) is 25.1 Å². The van der Waals surface area contributed by atoms with Crippen LogP contribution in [0.2, 0.25) is 0 Å². The van der Waals surface area contributed by atoms with E-state index in [9.17, 15) is 24.3 Å². The molecule has 47 heavy (non-hydrogen) atoms. The summed E-state index contributed by atoms with van der Waals surface area (Å²) < 4.78 is 18.0. The van der Waals surface area contributed by atoms with Crippen molar-refractivity contribution in [1.29, 1.82) is 0 Å². The average molecular weight is 647 g/mol. The Kier molecular flexibility index (Phi) is 10.3. The van der Waals surface area contributed by atoms with E-state index in [4.69, 9.17) is 0 Å². The highest BCUT2D eigenvalue weighted by molar-refractivity contribution is 5.93. The van der Waals surface area contributed by atoms with Crippen LogP contribution in [0.4, 0.5) is 21.6 Å². The van der Waals surface area contributed by atoms with E-state index in [0.29, 0.717) is 30.8 Å². The van der Waals surface area contributed by atoms with Crippen LogP contribution >= 0.6 is 0 Å². The first-order chi connectivity index (χ1) is 22.5. The van der Waals surface area contributed by atoms with E-state index in [0.717, 1.165) is 50.5 Å². The van der Waals surface area contributed by atoms with Crippen molar-refractivity contribution < 1.29 is 14.3 Å². The summed E-state index contributed by atoms with van der Waals surface area (Å²) in [5.74, 6) is -1.57. The number of rotatable bonds is 13. The number of aromatic carboxylic acids is 1. The van der Waals surface area contributed by atoms with E-state index in [-0.39, 0.29) is 34.3 Å². The normalized spacial score (nSPS) is 16.5. The number of nitrogens with zero attached hydrogens (tertiary/aromatic N) is 3. The number of benzene rings is 2. The molecule has 2 aromatic carbocycles. The zero-order chi connectivity index (χ0) is 33.8. The average Bonchev–Trinajstić information content (AvgIpc) is 3.38. The molecule has 1 aliphatic heterocycles. The lowest BCUT2D eigenvalue weighted by atomic mass is 10.1. The largest absolute Gasteiger partial charge is 0.477 e. The van der Waals surface area contributed by atoms with Gasteiger partial charge < -0.3 is 20.3 Å². The highest BCUT2D eigenvalue weighted by Gasteiger charge is 2.31. The molecule has 2 aromatic heterocycles. The standard InChI is InChI=1S/C35H43FN6O5/c1-5-23-16-24(11-10-21(23)3)37-31-19-32(43)42(35(47)39-31)14-9-7-8-13-41-15-12-28(22(41)4)38-29-18-30-25(17-27(29)36)33(44)26(34(45)46)20-40(30)6-2/h10-11,16-20,22,28,37-38H,5-9,12-15H2,1-4H3,(H,39,47)(H,45,46). The van der Waals surface area contributed by atoms with E-state index in [1.54, 1.807) is 10.6 Å². The quantitative estimate of drug-likeness (QED) is 0.148. The number of carboxylic acid groups (broad SMARTS) is 1. The first-order valence-electron chi connectivity index (χ1n) is 16.3. The minimum Gasteiger partial charge on any atom is -0.477 e. The first-order valence-corrected chi connectivity index (χ1v) is 16.3. The molecule has 0 bridgehead atoms. The number of anilines is 3. The Morgan fingerprint density at radius 1 is 1.06 bits per heavy atom. The monoisotopic (exact) mass is 646 g/mol. The first kappa shape index (κ1) is 33.6. The second-order valence-corrected chi connectivity index (χ2v) is 12.3. The number of H-pyrrole nitrogens is 1. The molecule has 2 unspecified atom stereocenters. The Morgan fingerprint density at radius 3 is 2.53 bits per heavy atom. The van der Waals surface area contributed by atoms with Crippen LogP contribution in [0.15, 0.2) is 57.0 Å². The Labute approximate surface area is 272 Å². The summed E-state index contributed by atoms with van der Waals surface area (Å²) in [6.07, 6.45) is 5.41. The van der Waals surface area contributed by atoms with Crippen LogP contribution in [0.1, 0.15) is 67.9 Å². The summed E-state index contributed by atoms with van der Waals surface area (Å²) in [6, 6.07) is 10.2. The summed E-state index contributed by atoms with van der Waals surface area (Å²) >= 11 is 0. The van der Waals surface area contributed by atoms with Gasteiger partial charge in [-0.1, -0.05) is 19.4 Å². The lowest BCUT2D eigenvalue weighted by molar-refractivity contribution is 0.0695. The lowest BCUT2D eigenvalue weighted by Crippen LogP contribution is -2.37. The summed E-state index contributed by atoms with van der Waals surface area (Å²) in [7, 11) is 0. The van der Waals surface area contributed by atoms with Crippen LogP contribution in [0, 0.1) is 12.7 Å². The van der Waals surface area contributed by atoms with Gasteiger partial charge in [-0.2, -0.15) is 0 Å². The zero-order valence-electron chi connectivity index (χ0n) is 27.4. The number of likely N-dealkylation sites (tertiary alicyclic amines) is 1. The maximum Gasteiger partial charge on any atom is 0.341 e. The van der Waals surface area contributed by atoms with Crippen LogP contribution in [-0.4, -0.2) is 55.3 Å². The predicted molar refractivity (Wildman–Crippen MR) is 183 cm³/mol. The number of hydrogen-bond acceptors (Lipinski definition) is 7. The second kappa shape index (κ2) is 14.4. The SMILES string of the molecule is CCc1cc(Nc2cc(=O)n(CCCCCN3CCC(Nc4cc5c(cc4F)c(=O)c(C(=O)O)cn5CC)C3C)c(=O)[nH]2)ccc1C. The van der Waals surface area contributed by atoms with Crippen molar-refractivity contribution in [2.75, 3.05) is 23.7 Å². The van der Waals surface area contributed by atoms with Crippen LogP contribution in [0.25, 0.3) is 10.9 Å². The number of pyridine rings is 1. The molecule has 11 nitrogen and oxygen atoms in total. The fourth-order valence-electron chi connectivity index (χ4n) is 6.49. The number of unbranched alkanes of at least 4 members (excludes halogenated alkanes) is 2. The van der Waals surface area contributed by atoms with Gasteiger partial charge in [0, 0.05) is 55.1 Å². The third kappa shape index (κ3) is 7.32. The number of aromatic amines is 1. The van der Waals surface area contributed by atoms with E-state index >= 15 is 4.39 Å². The highest BCUT2D eigenvalue weighted by Crippen LogP contribution is 2.27. The molecule has 0 radical (unpaired) electrons. The molecule has 4 aromatic rings. The Hall–Kier alpha value is -4.71. The van der Waals surface area contributed by atoms with Crippen LogP contribution in [0.5, 0.6) is 0 Å². The highest BCUT2D eigenvalue weighted by atomic mass is 19.1. The van der Waals surface area contributed by atoms with Crippen molar-refractivity contribution in [3.05, 3.63) is 96.2 Å². The van der Waals surface area contributed by atoms with Crippen molar-refractivity contribution in [3.8, 4) is 0 Å². The van der Waals surface area contributed by atoms with Gasteiger partial charge in [-0.25, -0.2) is 14.0 Å². The van der Waals surface area contributed by atoms with Gasteiger partial charge in [-0.3, -0.25) is 24.0 Å². The molecule has 250 valence electrons. The molecule has 0 saturated carbocycles. The number of carbonyl (C=O) groups is 1. The van der Waals surface area contributed by atoms with Gasteiger partial charge in [0.1, 0.15) is 17.2 Å². The number of halogens is 1. The van der Waals surface area contributed by atoms with Gasteiger partial charge in [0.25, 0.3) is 5.56 Å². The molecule has 1 saturated heterocycles. The minimum atomic E-state index is -1.34. The Morgan fingerprint density at radius 2 is 1.83 bits per heavy atom. The van der Waals surface area contributed by atoms with Crippen molar-refractivity contribution in [2.24, 2.45) is 0 Å². The summed E-state index contributed by atoms with van der Waals surface area (Å²) in [4.78, 5) is 54.8. The van der Waals surface area contributed by atoms with Crippen molar-refractivity contribution >= 4 is 34.1 Å². The van der Waals surface area contributed by atoms with Crippen molar-refractivity contribution in [2.45, 2.75) is 85.0 Å². The van der Waals surface area contributed by atoms with E-state index in [1.165, 1.54) is 28.0 Å². The molecule has 12 heteroatoms. The number of aryl methyl sites for hydroxylation is 3. The maximum atomic E-state index is 15.2. The number of hydrogen-bond donors (Lipinski definition) is 4. The molecule has 1 fully saturated rings. The molecule has 0 amide bonds. The third-order valence-corrected chi connectivity index (χ3v) is 9.32. The molecule has 1 aliphatic rings. The van der Waals surface area contributed by atoms with Crippen molar-refractivity contribution in [3.63, 3.8) is 0 Å². The van der Waals surface area contributed by atoms with Gasteiger partial charge in [0.15, 0.2) is 0 Å². The van der Waals surface area contributed by atoms with Gasteiger partial charge in [-0.15, -0.1) is 0 Å². The zero-order valence-corrected chi connectivity index (χ0v) is 27.4. The van der Waals surface area contributed by atoms with E-state index in [2.05, 4.69) is 41.3 Å². The molecular formula is C35H43FN6O5. The van der Waals surface area contributed by atoms with Gasteiger partial charge in [0.05, 0.1) is 11.2 Å². The fraction of sp³-hybridized carbons (Fsp3) is 0.429. The smallest absolute Gasteiger partial charge is 0.341 e. The fourth-order valence-corrected chi connectivity index (χ4v) is 6.49. The van der Waals surface area contributed by atoms with Crippen molar-refractivity contribution in [1.82, 2.24) is 19.0 Å². The topological polar surface area (TPSA) is 141 Å². The van der Waals surface area contributed by atoms with Gasteiger partial charge in [0.2, 0.25) is 5.43 Å². The molecule has 2 atom stereocenters. The van der Waals surface area contributed by atoms with Crippen LogP contribution < -0.4 is 27.3 Å². The molecule has 0 aliphatic carbocycles. The molecule has 4 N–H and O–H groups in total. The van der Waals surface area contributed by atoms with Gasteiger partial charge in [-0.05, 0) is 88.4 Å². The van der Waals surface area contributed by atoms with Crippen LogP contribution in [-0.2, 0) is 19.5 Å². The molecular weight excluding hydrogens is 603 g/mol. The maximum absolute atomic E-state index is 15.2. The lowest BCUT2D eigenvalue weighted by Gasteiger charge is -2.26. The summed E-state index contributed by atoms with van der Waals surface area (Å²) in [5, 5.41) is 15.9. The molecule has 0 spiro atoms. The second-order valence-electron chi connectivity index (χ2n) is 12.3. The third-order valence-electron chi connectivity index (χ3n) is 9.32. The molecule has 3 heterocycles. The minimum absolute atomic E-state index is 0.0141. The number of carboxylic acids is 1. The number of nitrogens with one attached hydrogen (secondary N) is 3. The number of fused-ring (bicyclic) bond motifs is 1. The van der Waals surface area contributed by atoms with E-state index < -0.39 is 22.9 Å². The predicted octanol–water partition coefficient (Wildman–Crippen LogP) is 5.07. The molecule has 5 rings (SSSR count). The number of aromatic nitrogens is 3. The van der Waals surface area contributed by atoms with Crippen LogP contribution in [0.3, 0.4) is 0 Å². The Bertz CT molecular complexity index is 1930.